The first-order valence-corrected chi connectivity index (χ1v) is 30.2. The highest BCUT2D eigenvalue weighted by atomic mass is 16.6. The Bertz CT molecular complexity index is 2840. The van der Waals surface area contributed by atoms with Crippen molar-refractivity contribution in [3.05, 3.63) is 95.3 Å². The molecule has 1 aliphatic rings. The molecule has 5 amide bonds. The number of ether oxygens (including phenoxy) is 8. The molecule has 21 heteroatoms. The summed E-state index contributed by atoms with van der Waals surface area (Å²) in [7, 11) is 0. The second kappa shape index (κ2) is 29.2. The SMILES string of the molecule is CC(C)(C)OC(=O)[C@H](CCc1c[n+](CCCCCC[C@H]2C(=O)O[C@H](c3ccccc3)[C@H](c3ccccc3)N2C(=O)OC(C)(C)C)cc([O-])c1C[C@@H](C(=O)OC(C)(C)C)N(C(=O)OC(C)(C)C)C(=O)OC(C)(C)C)N(C(=O)OC(C)(C)C)C(=O)OC(C)(C)C. The normalized spacial score (nSPS) is 16.7. The van der Waals surface area contributed by atoms with Gasteiger partial charge >= 0.3 is 48.4 Å². The fraction of sp³-hybridized carbons (Fsp3) is 0.627. The molecule has 3 aromatic rings. The van der Waals surface area contributed by atoms with Gasteiger partial charge in [-0.2, -0.15) is 9.80 Å². The van der Waals surface area contributed by atoms with Crippen LogP contribution in [0, 0.1) is 0 Å². The van der Waals surface area contributed by atoms with Gasteiger partial charge in [-0.05, 0) is 194 Å². The number of aromatic nitrogens is 1. The largest absolute Gasteiger partial charge is 0.868 e. The number of imide groups is 2. The third-order valence-electron chi connectivity index (χ3n) is 12.7. The molecule has 0 N–H and O–H groups in total. The molecular formula is C67H98N4O17. The van der Waals surface area contributed by atoms with E-state index in [-0.39, 0.29) is 30.5 Å². The third-order valence-corrected chi connectivity index (χ3v) is 12.7. The molecule has 0 spiro atoms. The molecular weight excluding hydrogens is 1130 g/mol. The summed E-state index contributed by atoms with van der Waals surface area (Å²) in [4.78, 5) is 117. The molecule has 0 saturated carbocycles. The molecule has 1 saturated heterocycles. The average Bonchev–Trinajstić information content (AvgIpc) is 0.787. The van der Waals surface area contributed by atoms with Crippen LogP contribution in [0.2, 0.25) is 0 Å². The minimum Gasteiger partial charge on any atom is -0.868 e. The van der Waals surface area contributed by atoms with Crippen LogP contribution < -0.4 is 9.67 Å². The second-order valence-electron chi connectivity index (χ2n) is 29.1. The number of carbonyl (C=O) groups excluding carboxylic acids is 8. The highest BCUT2D eigenvalue weighted by Crippen LogP contribution is 2.44. The number of amides is 5. The van der Waals surface area contributed by atoms with Crippen LogP contribution in [0.4, 0.5) is 24.0 Å². The Balaban J connectivity index is 1.83. The summed E-state index contributed by atoms with van der Waals surface area (Å²) in [6, 6.07) is 13.3. The summed E-state index contributed by atoms with van der Waals surface area (Å²) in [5.74, 6) is -3.31. The van der Waals surface area contributed by atoms with Crippen molar-refractivity contribution in [2.24, 2.45) is 0 Å². The molecule has 0 bridgehead atoms. The van der Waals surface area contributed by atoms with Crippen molar-refractivity contribution in [1.82, 2.24) is 14.7 Å². The Morgan fingerprint density at radius 2 is 0.920 bits per heavy atom. The molecule has 488 valence electrons. The maximum atomic E-state index is 14.9. The number of rotatable bonds is 18. The van der Waals surface area contributed by atoms with Crippen LogP contribution in [0.5, 0.6) is 5.75 Å². The van der Waals surface area contributed by atoms with Crippen molar-refractivity contribution in [1.29, 1.82) is 0 Å². The first-order valence-electron chi connectivity index (χ1n) is 30.2. The Morgan fingerprint density at radius 1 is 0.523 bits per heavy atom. The molecule has 1 fully saturated rings. The van der Waals surface area contributed by atoms with Crippen molar-refractivity contribution < 1.29 is 85.9 Å². The highest BCUT2D eigenvalue weighted by Gasteiger charge is 2.50. The number of benzene rings is 2. The van der Waals surface area contributed by atoms with Gasteiger partial charge < -0.3 is 43.0 Å². The number of hydrogen-bond donors (Lipinski definition) is 0. The standard InChI is InChI=1S/C67H98N4O17/c1-61(2,3)82-54(74)48(70(57(77)85-64(10,11)12)58(78)86-65(13,14)15)38-37-45-41-68(42-50(72)46(45)40-49(55(75)83-62(4,5)6)71(59(79)87-66(16,17)18)60(80)88-67(19,20)21)39-31-23-22-30-36-47-53(73)81-52(44-34-28-25-29-35-44)51(43-32-26-24-27-33-43)69(47)56(76)84-63(7,8)9/h24-29,32-35,41-42,47-49,51-52H,22-23,30-31,36-40H2,1-21H3/t47-,48-,49-,51-,52+/m0/s1. The summed E-state index contributed by atoms with van der Waals surface area (Å²) in [6.45, 7) is 34.0. The van der Waals surface area contributed by atoms with Crippen LogP contribution in [-0.2, 0) is 71.7 Å². The molecule has 0 radical (unpaired) electrons. The van der Waals surface area contributed by atoms with E-state index < -0.39 is 136 Å². The van der Waals surface area contributed by atoms with Crippen LogP contribution in [-0.4, -0.2) is 120 Å². The predicted molar refractivity (Wildman–Crippen MR) is 325 cm³/mol. The highest BCUT2D eigenvalue weighted by molar-refractivity contribution is 5.95. The number of pyridine rings is 1. The molecule has 0 aliphatic carbocycles. The van der Waals surface area contributed by atoms with Gasteiger partial charge in [-0.15, -0.1) is 0 Å². The van der Waals surface area contributed by atoms with Crippen molar-refractivity contribution in [2.75, 3.05) is 0 Å². The number of cyclic esters (lactones) is 1. The number of morpholine rings is 1. The van der Waals surface area contributed by atoms with E-state index in [1.807, 2.05) is 60.7 Å². The number of aryl methyl sites for hydroxylation is 2. The molecule has 4 rings (SSSR count). The molecule has 1 aliphatic heterocycles. The topological polar surface area (TPSA) is 247 Å². The lowest BCUT2D eigenvalue weighted by Gasteiger charge is -2.45. The summed E-state index contributed by atoms with van der Waals surface area (Å²) < 4.78 is 48.3. The van der Waals surface area contributed by atoms with Gasteiger partial charge in [0.15, 0.2) is 18.5 Å². The zero-order chi connectivity index (χ0) is 66.7. The molecule has 0 unspecified atom stereocenters. The van der Waals surface area contributed by atoms with Gasteiger partial charge in [0.1, 0.15) is 69.9 Å². The van der Waals surface area contributed by atoms with Gasteiger partial charge in [0, 0.05) is 18.4 Å². The van der Waals surface area contributed by atoms with E-state index in [1.165, 1.54) is 11.1 Å². The van der Waals surface area contributed by atoms with Gasteiger partial charge in [0.05, 0.1) is 0 Å². The lowest BCUT2D eigenvalue weighted by atomic mass is 9.90. The number of unbranched alkanes of at least 4 members (excludes halogenated alkanes) is 3. The molecule has 88 heavy (non-hydrogen) atoms. The Morgan fingerprint density at radius 3 is 1.35 bits per heavy atom. The van der Waals surface area contributed by atoms with Crippen LogP contribution in [0.1, 0.15) is 218 Å². The Hall–Kier alpha value is -7.45. The van der Waals surface area contributed by atoms with Gasteiger partial charge in [-0.1, -0.05) is 73.5 Å². The van der Waals surface area contributed by atoms with Crippen molar-refractivity contribution in [3.8, 4) is 5.75 Å². The number of carbonyl (C=O) groups is 8. The Kier molecular flexibility index (Phi) is 24.3. The summed E-state index contributed by atoms with van der Waals surface area (Å²) >= 11 is 0. The molecule has 1 aromatic heterocycles. The lowest BCUT2D eigenvalue weighted by Crippen LogP contribution is -2.55. The zero-order valence-corrected chi connectivity index (χ0v) is 55.9. The smallest absolute Gasteiger partial charge is 0.420 e. The van der Waals surface area contributed by atoms with Crippen LogP contribution >= 0.6 is 0 Å². The van der Waals surface area contributed by atoms with E-state index in [0.717, 1.165) is 5.56 Å². The molecule has 5 atom stereocenters. The molecule has 2 aromatic carbocycles. The van der Waals surface area contributed by atoms with E-state index >= 15 is 0 Å². The van der Waals surface area contributed by atoms with Gasteiger partial charge in [0.2, 0.25) is 0 Å². The van der Waals surface area contributed by atoms with Crippen LogP contribution in [0.15, 0.2) is 73.1 Å². The number of esters is 3. The average molecular weight is 1230 g/mol. The maximum absolute atomic E-state index is 14.9. The fourth-order valence-corrected chi connectivity index (χ4v) is 9.44. The van der Waals surface area contributed by atoms with E-state index in [0.29, 0.717) is 41.0 Å². The predicted octanol–water partition coefficient (Wildman–Crippen LogP) is 12.9. The van der Waals surface area contributed by atoms with Gasteiger partial charge in [0.25, 0.3) is 0 Å². The minimum absolute atomic E-state index is 0.0922. The molecule has 2 heterocycles. The number of nitrogens with zero attached hydrogens (tertiary/aromatic N) is 4. The van der Waals surface area contributed by atoms with E-state index in [4.69, 9.17) is 37.9 Å². The van der Waals surface area contributed by atoms with E-state index in [9.17, 15) is 43.5 Å². The number of hydrogen-bond acceptors (Lipinski definition) is 17. The second-order valence-corrected chi connectivity index (χ2v) is 29.1. The van der Waals surface area contributed by atoms with Crippen molar-refractivity contribution in [3.63, 3.8) is 0 Å². The summed E-state index contributed by atoms with van der Waals surface area (Å²) in [5, 5.41) is 14.9. The minimum atomic E-state index is -1.88. The third kappa shape index (κ3) is 23.6. The van der Waals surface area contributed by atoms with E-state index in [1.54, 1.807) is 156 Å². The maximum Gasteiger partial charge on any atom is 0.420 e. The van der Waals surface area contributed by atoms with Crippen molar-refractivity contribution >= 4 is 48.4 Å². The van der Waals surface area contributed by atoms with E-state index in [2.05, 4.69) is 0 Å². The molecule has 21 nitrogen and oxygen atoms in total. The zero-order valence-electron chi connectivity index (χ0n) is 55.9. The van der Waals surface area contributed by atoms with Crippen molar-refractivity contribution in [2.45, 2.75) is 273 Å². The monoisotopic (exact) mass is 1230 g/mol. The lowest BCUT2D eigenvalue weighted by molar-refractivity contribution is -0.700. The summed E-state index contributed by atoms with van der Waals surface area (Å²) in [5.41, 5.74) is -6.31. The fourth-order valence-electron chi connectivity index (χ4n) is 9.44. The first-order chi connectivity index (χ1) is 40.2. The van der Waals surface area contributed by atoms with Crippen LogP contribution in [0.3, 0.4) is 0 Å². The van der Waals surface area contributed by atoms with Gasteiger partial charge in [-0.25, -0.2) is 42.9 Å². The van der Waals surface area contributed by atoms with Gasteiger partial charge in [-0.3, -0.25) is 4.90 Å². The quantitative estimate of drug-likeness (QED) is 0.0497. The Labute approximate surface area is 520 Å². The van der Waals surface area contributed by atoms with Crippen LogP contribution in [0.25, 0.3) is 0 Å². The first kappa shape index (κ1) is 73.0. The summed E-state index contributed by atoms with van der Waals surface area (Å²) in [6.07, 6.45) is -2.49.